The number of nitrogens with zero attached hydrogens (tertiary/aromatic N) is 8. The zero-order valence-corrected chi connectivity index (χ0v) is 36.3. The lowest BCUT2D eigenvalue weighted by atomic mass is 9.90. The fourth-order valence-electron chi connectivity index (χ4n) is 9.35. The van der Waals surface area contributed by atoms with Gasteiger partial charge in [0.2, 0.25) is 19.0 Å². The predicted octanol–water partition coefficient (Wildman–Crippen LogP) is 7.92. The smallest absolute Gasteiger partial charge is 0.261 e. The Morgan fingerprint density at radius 2 is 0.985 bits per heavy atom. The van der Waals surface area contributed by atoms with Crippen molar-refractivity contribution in [2.24, 2.45) is 14.1 Å². The van der Waals surface area contributed by atoms with E-state index >= 15 is 0 Å². The van der Waals surface area contributed by atoms with Crippen LogP contribution in [0.5, 0.6) is 0 Å². The minimum absolute atomic E-state index is 0. The summed E-state index contributed by atoms with van der Waals surface area (Å²) >= 11 is 0. The molecule has 2 aliphatic heterocycles. The third kappa shape index (κ3) is 10.00. The number of carbonyl (C=O) groups excluding carboxylic acids is 4. The first kappa shape index (κ1) is 48.6. The van der Waals surface area contributed by atoms with E-state index in [0.717, 1.165) is 91.9 Å². The van der Waals surface area contributed by atoms with Crippen molar-refractivity contribution in [1.82, 2.24) is 23.5 Å². The average Bonchev–Trinajstić information content (AvgIpc) is 4.05. The van der Waals surface area contributed by atoms with Crippen LogP contribution >= 0.6 is 0 Å². The second kappa shape index (κ2) is 21.4. The van der Waals surface area contributed by atoms with Crippen LogP contribution in [0, 0.1) is 0 Å². The highest BCUT2D eigenvalue weighted by atomic mass is 16.2. The molecule has 4 aromatic carbocycles. The fourth-order valence-corrected chi connectivity index (χ4v) is 9.35. The van der Waals surface area contributed by atoms with Crippen molar-refractivity contribution in [3.8, 4) is 0 Å². The third-order valence-electron chi connectivity index (χ3n) is 12.6. The van der Waals surface area contributed by atoms with E-state index in [0.29, 0.717) is 54.7 Å². The van der Waals surface area contributed by atoms with Gasteiger partial charge in [-0.15, -0.1) is 0 Å². The van der Waals surface area contributed by atoms with E-state index in [-0.39, 0.29) is 45.9 Å². The van der Waals surface area contributed by atoms with Crippen molar-refractivity contribution in [2.75, 3.05) is 25.0 Å². The van der Waals surface area contributed by atoms with Crippen molar-refractivity contribution in [3.05, 3.63) is 145 Å². The first-order valence-electron chi connectivity index (χ1n) is 22.4. The topological polar surface area (TPSA) is 113 Å². The molecule has 3 aromatic heterocycles. The van der Waals surface area contributed by atoms with Crippen LogP contribution in [0.25, 0.3) is 21.5 Å². The van der Waals surface area contributed by atoms with E-state index in [1.165, 1.54) is 15.4 Å². The molecular formula is C53H68N9O4+3. The quantitative estimate of drug-likeness (QED) is 0.0475. The summed E-state index contributed by atoms with van der Waals surface area (Å²) in [7, 11) is 4.03. The third-order valence-corrected chi connectivity index (χ3v) is 12.6. The Morgan fingerprint density at radius 3 is 1.61 bits per heavy atom. The fraction of sp³-hybridized carbons (Fsp3) is 0.377. The van der Waals surface area contributed by atoms with Crippen LogP contribution in [-0.2, 0) is 46.7 Å². The zero-order chi connectivity index (χ0) is 43.5. The summed E-state index contributed by atoms with van der Waals surface area (Å²) in [5.74, 6) is -0.908. The maximum atomic E-state index is 13.7. The molecule has 346 valence electrons. The molecule has 13 heteroatoms. The van der Waals surface area contributed by atoms with Crippen LogP contribution in [0.15, 0.2) is 117 Å². The summed E-state index contributed by atoms with van der Waals surface area (Å²) in [6, 6.07) is 19.3. The lowest BCUT2D eigenvalue weighted by Crippen LogP contribution is -2.42. The molecule has 0 fully saturated rings. The number of aryl methyl sites for hydroxylation is 7. The molecule has 5 heterocycles. The Kier molecular flexibility index (Phi) is 15.7. The number of anilines is 1. The molecule has 13 nitrogen and oxygen atoms in total. The monoisotopic (exact) mass is 895 g/mol. The van der Waals surface area contributed by atoms with E-state index in [1.54, 1.807) is 0 Å². The van der Waals surface area contributed by atoms with Crippen LogP contribution in [-0.4, -0.2) is 66.8 Å². The van der Waals surface area contributed by atoms with Gasteiger partial charge in [0.1, 0.15) is 37.2 Å². The Labute approximate surface area is 389 Å². The second-order valence-corrected chi connectivity index (χ2v) is 17.1. The maximum absolute atomic E-state index is 13.7. The molecule has 0 unspecified atom stereocenters. The number of aromatic nitrogens is 6. The van der Waals surface area contributed by atoms with Gasteiger partial charge in [0, 0.05) is 76.6 Å². The van der Waals surface area contributed by atoms with Gasteiger partial charge in [0.05, 0.1) is 40.3 Å². The highest BCUT2D eigenvalue weighted by Crippen LogP contribution is 2.35. The molecule has 0 radical (unpaired) electrons. The Balaban J connectivity index is 0.00000240. The summed E-state index contributed by atoms with van der Waals surface area (Å²) in [6.07, 6.45) is 25.4. The molecule has 1 N–H and O–H groups in total. The molecule has 0 atom stereocenters. The van der Waals surface area contributed by atoms with Crippen molar-refractivity contribution in [1.29, 1.82) is 0 Å². The van der Waals surface area contributed by atoms with E-state index < -0.39 is 0 Å². The van der Waals surface area contributed by atoms with Crippen molar-refractivity contribution < 1.29 is 32.9 Å². The number of benzene rings is 4. The largest absolute Gasteiger partial charge is 0.384 e. The second-order valence-electron chi connectivity index (χ2n) is 17.1. The van der Waals surface area contributed by atoms with Gasteiger partial charge in [-0.1, -0.05) is 52.6 Å². The standard InChI is InChI=1S/C50H55N9O4.3CH4/c1-52-28-30-54(34-52)23-7-4-12-37-17-18-42-45-38(37)13-8-15-40(45)47(60)59(49(42)62)27-11-25-57-33-32-56(36-57)22-5-3-6-26-58-48(61)41-16-9-14-39-44(20-19-43(46(39)41)50(58)63)51-21-10-24-55-31-29-53(2)35-55;;;/h8-9,13-20,28-36H,3-7,10-12,21-27H2,1-2H3;3*1H4/q+2;;;/p+1. The molecular weight excluding hydrogens is 827 g/mol. The summed E-state index contributed by atoms with van der Waals surface area (Å²) in [5, 5.41) is 6.95. The SMILES string of the molecule is C.C.C.C[n+]1ccn(CCCCc2ccc3c4c(cccc24)C(=O)N(CCC[n+]2ccn(CCCCCN4C(=O)c5cccc6c(NCCCn7cc[n+](C)c7)ccc(c56)C4=O)c2)C3=O)c1. The Morgan fingerprint density at radius 1 is 0.485 bits per heavy atom. The molecule has 2 aliphatic rings. The van der Waals surface area contributed by atoms with Gasteiger partial charge in [-0.25, -0.2) is 27.4 Å². The zero-order valence-electron chi connectivity index (χ0n) is 36.3. The average molecular weight is 895 g/mol. The molecule has 66 heavy (non-hydrogen) atoms. The van der Waals surface area contributed by atoms with Crippen LogP contribution in [0.1, 0.15) is 114 Å². The molecule has 0 bridgehead atoms. The summed E-state index contributed by atoms with van der Waals surface area (Å²) < 4.78 is 12.6. The number of rotatable bonds is 20. The first-order chi connectivity index (χ1) is 30.7. The lowest BCUT2D eigenvalue weighted by molar-refractivity contribution is -0.696. The number of nitrogens with one attached hydrogen (secondary N) is 1. The highest BCUT2D eigenvalue weighted by Gasteiger charge is 2.34. The molecule has 7 aromatic rings. The van der Waals surface area contributed by atoms with Gasteiger partial charge in [0.15, 0.2) is 0 Å². The molecule has 0 saturated heterocycles. The van der Waals surface area contributed by atoms with Crippen LogP contribution in [0.3, 0.4) is 0 Å². The van der Waals surface area contributed by atoms with Gasteiger partial charge in [-0.2, -0.15) is 0 Å². The van der Waals surface area contributed by atoms with Gasteiger partial charge in [0.25, 0.3) is 23.6 Å². The van der Waals surface area contributed by atoms with E-state index in [9.17, 15) is 19.2 Å². The molecule has 9 rings (SSSR count). The predicted molar refractivity (Wildman–Crippen MR) is 259 cm³/mol. The number of hydrogen-bond acceptors (Lipinski definition) is 5. The van der Waals surface area contributed by atoms with E-state index in [4.69, 9.17) is 0 Å². The summed E-state index contributed by atoms with van der Waals surface area (Å²) in [6.45, 7) is 4.80. The van der Waals surface area contributed by atoms with Crippen molar-refractivity contribution in [2.45, 2.75) is 99.8 Å². The minimum atomic E-state index is -0.231. The van der Waals surface area contributed by atoms with Gasteiger partial charge in [-0.05, 0) is 79.8 Å². The molecule has 0 spiro atoms. The lowest BCUT2D eigenvalue weighted by Gasteiger charge is -2.28. The Bertz CT molecular complexity index is 2810. The van der Waals surface area contributed by atoms with E-state index in [2.05, 4.69) is 61.0 Å². The van der Waals surface area contributed by atoms with Gasteiger partial charge in [-0.3, -0.25) is 29.0 Å². The maximum Gasteiger partial charge on any atom is 0.261 e. The van der Waals surface area contributed by atoms with Crippen LogP contribution in [0.4, 0.5) is 5.69 Å². The molecule has 4 amide bonds. The normalized spacial score (nSPS) is 13.0. The van der Waals surface area contributed by atoms with Crippen molar-refractivity contribution >= 4 is 50.9 Å². The number of carbonyl (C=O) groups is 4. The summed E-state index contributed by atoms with van der Waals surface area (Å²) in [4.78, 5) is 57.6. The number of imide groups is 2. The van der Waals surface area contributed by atoms with Crippen LogP contribution < -0.4 is 19.0 Å². The van der Waals surface area contributed by atoms with Gasteiger partial charge < -0.3 is 5.32 Å². The Hall–Kier alpha value is -6.89. The first-order valence-corrected chi connectivity index (χ1v) is 22.4. The number of unbranched alkanes of at least 4 members (excludes halogenated alkanes) is 3. The number of hydrogen-bond donors (Lipinski definition) is 1. The van der Waals surface area contributed by atoms with E-state index in [1.807, 2.05) is 103 Å². The summed E-state index contributed by atoms with van der Waals surface area (Å²) in [5.41, 5.74) is 4.46. The molecule has 0 saturated carbocycles. The minimum Gasteiger partial charge on any atom is -0.384 e. The van der Waals surface area contributed by atoms with Crippen LogP contribution in [0.2, 0.25) is 0 Å². The number of amides is 4. The van der Waals surface area contributed by atoms with Crippen molar-refractivity contribution in [3.63, 3.8) is 0 Å². The highest BCUT2D eigenvalue weighted by molar-refractivity contribution is 6.27. The number of imidazole rings is 3. The van der Waals surface area contributed by atoms with Gasteiger partial charge >= 0.3 is 0 Å². The molecule has 0 aliphatic carbocycles.